The lowest BCUT2D eigenvalue weighted by Crippen LogP contribution is -2.06. The normalized spacial score (nSPS) is 11.5. The first kappa shape index (κ1) is 39.0. The van der Waals surface area contributed by atoms with Crippen LogP contribution in [0.25, 0.3) is 123 Å². The Morgan fingerprint density at radius 3 is 1.12 bits per heavy atom. The molecule has 0 aliphatic heterocycles. The van der Waals surface area contributed by atoms with Crippen molar-refractivity contribution >= 4 is 43.6 Å². The molecule has 0 radical (unpaired) electrons. The van der Waals surface area contributed by atoms with Crippen LogP contribution in [0.2, 0.25) is 0 Å². The summed E-state index contributed by atoms with van der Waals surface area (Å²) in [5.74, 6) is 3.49. The van der Waals surface area contributed by atoms with Crippen LogP contribution in [0.3, 0.4) is 0 Å². The SMILES string of the molecule is c1ccc(-c2nc(-c3ccccc3)nc(-c3ccc4c(c3)c3cc(-c5ccc6c7ccccc7n(-c7ccccc7)c6c5)ccc3n4-c3nc(-c4ccccc4)nc(-c4ccccc4)n3)n2)cc1. The van der Waals surface area contributed by atoms with Gasteiger partial charge in [-0.3, -0.25) is 4.57 Å². The first-order valence-corrected chi connectivity index (χ1v) is 22.6. The summed E-state index contributed by atoms with van der Waals surface area (Å²) in [5, 5.41) is 4.46. The second-order valence-corrected chi connectivity index (χ2v) is 16.8. The van der Waals surface area contributed by atoms with Gasteiger partial charge in [0.25, 0.3) is 0 Å². The number of aromatic nitrogens is 8. The maximum atomic E-state index is 5.22. The minimum atomic E-state index is 0.518. The van der Waals surface area contributed by atoms with E-state index >= 15 is 0 Å². The fourth-order valence-electron chi connectivity index (χ4n) is 9.40. The Hall–Kier alpha value is -9.40. The van der Waals surface area contributed by atoms with E-state index in [0.717, 1.165) is 72.0 Å². The summed E-state index contributed by atoms with van der Waals surface area (Å²) < 4.78 is 4.52. The molecule has 0 saturated heterocycles. The second-order valence-electron chi connectivity index (χ2n) is 16.8. The molecule has 0 aliphatic rings. The van der Waals surface area contributed by atoms with Gasteiger partial charge in [0.2, 0.25) is 5.95 Å². The van der Waals surface area contributed by atoms with Crippen molar-refractivity contribution in [2.45, 2.75) is 0 Å². The zero-order valence-corrected chi connectivity index (χ0v) is 36.5. The maximum absolute atomic E-state index is 5.22. The van der Waals surface area contributed by atoms with Gasteiger partial charge in [0.1, 0.15) is 0 Å². The highest BCUT2D eigenvalue weighted by molar-refractivity contribution is 6.13. The fourth-order valence-corrected chi connectivity index (χ4v) is 9.40. The molecule has 13 rings (SSSR count). The van der Waals surface area contributed by atoms with Crippen LogP contribution in [0.1, 0.15) is 0 Å². The molecule has 4 aromatic heterocycles. The van der Waals surface area contributed by atoms with Gasteiger partial charge in [0.05, 0.1) is 22.1 Å². The summed E-state index contributed by atoms with van der Waals surface area (Å²) >= 11 is 0. The van der Waals surface area contributed by atoms with Crippen LogP contribution in [-0.2, 0) is 0 Å². The van der Waals surface area contributed by atoms with E-state index in [1.807, 2.05) is 121 Å². The molecule has 13 aromatic rings. The van der Waals surface area contributed by atoms with Crippen molar-refractivity contribution < 1.29 is 0 Å². The van der Waals surface area contributed by atoms with E-state index in [2.05, 4.69) is 118 Å². The smallest absolute Gasteiger partial charge is 0.238 e. The molecule has 9 aromatic carbocycles. The van der Waals surface area contributed by atoms with E-state index in [-0.39, 0.29) is 0 Å². The van der Waals surface area contributed by atoms with Crippen LogP contribution in [-0.4, -0.2) is 39.0 Å². The Morgan fingerprint density at radius 1 is 0.221 bits per heavy atom. The van der Waals surface area contributed by atoms with E-state index in [4.69, 9.17) is 29.9 Å². The predicted octanol–water partition coefficient (Wildman–Crippen LogP) is 14.3. The number of rotatable bonds is 8. The molecule has 0 amide bonds. The highest BCUT2D eigenvalue weighted by Crippen LogP contribution is 2.40. The molecule has 4 heterocycles. The minimum absolute atomic E-state index is 0.518. The number of para-hydroxylation sites is 2. The van der Waals surface area contributed by atoms with Crippen molar-refractivity contribution in [2.75, 3.05) is 0 Å². The molecule has 0 spiro atoms. The highest BCUT2D eigenvalue weighted by atomic mass is 15.2. The Labute approximate surface area is 391 Å². The monoisotopic (exact) mass is 870 g/mol. The average molecular weight is 871 g/mol. The Bertz CT molecular complexity index is 3890. The molecular formula is C60H38N8. The number of nitrogens with zero attached hydrogens (tertiary/aromatic N) is 8. The van der Waals surface area contributed by atoms with Gasteiger partial charge >= 0.3 is 0 Å². The third-order valence-corrected chi connectivity index (χ3v) is 12.6. The Kier molecular flexibility index (Phi) is 9.31. The largest absolute Gasteiger partial charge is 0.309 e. The molecule has 318 valence electrons. The maximum Gasteiger partial charge on any atom is 0.238 e. The second kappa shape index (κ2) is 16.2. The summed E-state index contributed by atoms with van der Waals surface area (Å²) in [6.07, 6.45) is 0. The molecule has 8 nitrogen and oxygen atoms in total. The van der Waals surface area contributed by atoms with Crippen molar-refractivity contribution in [1.82, 2.24) is 39.0 Å². The zero-order valence-electron chi connectivity index (χ0n) is 36.5. The van der Waals surface area contributed by atoms with Crippen molar-refractivity contribution in [3.8, 4) is 79.7 Å². The quantitative estimate of drug-likeness (QED) is 0.151. The van der Waals surface area contributed by atoms with Gasteiger partial charge in [0.15, 0.2) is 29.1 Å². The van der Waals surface area contributed by atoms with Crippen LogP contribution >= 0.6 is 0 Å². The molecule has 0 saturated carbocycles. The van der Waals surface area contributed by atoms with Crippen LogP contribution in [0.15, 0.2) is 231 Å². The number of hydrogen-bond acceptors (Lipinski definition) is 6. The third-order valence-electron chi connectivity index (χ3n) is 12.6. The number of fused-ring (bicyclic) bond motifs is 6. The van der Waals surface area contributed by atoms with Crippen LogP contribution in [0.4, 0.5) is 0 Å². The molecule has 0 atom stereocenters. The number of benzene rings is 9. The van der Waals surface area contributed by atoms with Crippen molar-refractivity contribution in [3.63, 3.8) is 0 Å². The van der Waals surface area contributed by atoms with Gasteiger partial charge in [0, 0.05) is 55.0 Å². The van der Waals surface area contributed by atoms with Crippen molar-refractivity contribution in [3.05, 3.63) is 231 Å². The summed E-state index contributed by atoms with van der Waals surface area (Å²) in [5.41, 5.74) is 12.0. The highest BCUT2D eigenvalue weighted by Gasteiger charge is 2.21. The van der Waals surface area contributed by atoms with E-state index < -0.39 is 0 Å². The third kappa shape index (κ3) is 6.78. The van der Waals surface area contributed by atoms with Gasteiger partial charge in [-0.15, -0.1) is 0 Å². The van der Waals surface area contributed by atoms with Gasteiger partial charge < -0.3 is 4.57 Å². The summed E-state index contributed by atoms with van der Waals surface area (Å²) in [6, 6.07) is 79.5. The lowest BCUT2D eigenvalue weighted by molar-refractivity contribution is 0.953. The van der Waals surface area contributed by atoms with Gasteiger partial charge in [-0.1, -0.05) is 176 Å². The number of hydrogen-bond donors (Lipinski definition) is 0. The molecule has 0 N–H and O–H groups in total. The van der Waals surface area contributed by atoms with E-state index in [9.17, 15) is 0 Å². The zero-order chi connectivity index (χ0) is 45.0. The summed E-state index contributed by atoms with van der Waals surface area (Å²) in [6.45, 7) is 0. The van der Waals surface area contributed by atoms with E-state index in [1.165, 1.54) is 16.3 Å². The Balaban J connectivity index is 1.06. The molecule has 8 heteroatoms. The molecule has 0 aliphatic carbocycles. The first-order valence-electron chi connectivity index (χ1n) is 22.6. The molecule has 68 heavy (non-hydrogen) atoms. The summed E-state index contributed by atoms with van der Waals surface area (Å²) in [7, 11) is 0. The average Bonchev–Trinajstić information content (AvgIpc) is 3.93. The summed E-state index contributed by atoms with van der Waals surface area (Å²) in [4.78, 5) is 30.7. The Morgan fingerprint density at radius 2 is 0.588 bits per heavy atom. The van der Waals surface area contributed by atoms with Gasteiger partial charge in [-0.25, -0.2) is 19.9 Å². The molecule has 0 fully saturated rings. The first-order chi connectivity index (χ1) is 33.7. The van der Waals surface area contributed by atoms with Gasteiger partial charge in [-0.2, -0.15) is 9.97 Å². The lowest BCUT2D eigenvalue weighted by Gasteiger charge is -2.11. The van der Waals surface area contributed by atoms with Crippen LogP contribution in [0, 0.1) is 0 Å². The van der Waals surface area contributed by atoms with E-state index in [1.54, 1.807) is 0 Å². The van der Waals surface area contributed by atoms with Crippen LogP contribution in [0.5, 0.6) is 0 Å². The van der Waals surface area contributed by atoms with Crippen molar-refractivity contribution in [1.29, 1.82) is 0 Å². The molecule has 0 bridgehead atoms. The minimum Gasteiger partial charge on any atom is -0.309 e. The van der Waals surface area contributed by atoms with E-state index in [0.29, 0.717) is 35.1 Å². The van der Waals surface area contributed by atoms with Gasteiger partial charge in [-0.05, 0) is 65.7 Å². The molecular weight excluding hydrogens is 833 g/mol. The standard InChI is InChI=1S/C60H38N8/c1-6-18-39(19-7-1)55-61-56(40-20-8-2-9-21-40)63-59(62-55)45-32-35-53-50(37-45)49-36-43(44-30-33-48-47-28-16-17-29-51(47)67(54(48)38-44)46-26-14-5-15-27-46)31-34-52(49)68(53)60-65-57(41-22-10-3-11-23-41)64-58(66-60)42-24-12-4-13-25-42/h1-38H. The predicted molar refractivity (Wildman–Crippen MR) is 275 cm³/mol. The van der Waals surface area contributed by atoms with Crippen LogP contribution < -0.4 is 0 Å². The topological polar surface area (TPSA) is 87.2 Å². The lowest BCUT2D eigenvalue weighted by atomic mass is 10.0. The fraction of sp³-hybridized carbons (Fsp3) is 0. The van der Waals surface area contributed by atoms with Crippen molar-refractivity contribution in [2.24, 2.45) is 0 Å². The molecule has 0 unspecified atom stereocenters.